The molecule has 6 aromatic carbocycles. The molecule has 50 heavy (non-hydrogen) atoms. The molecule has 9 aromatic rings. The SMILES string of the molecule is C1=Cc2c(c3cc(-c4cccc5c4oc4ccccc45)ccc3n2-c2nccc(-c3ccc(-c4cccc(-c5ccccc5)c4)cc3)n2)CC1. The van der Waals surface area contributed by atoms with E-state index in [1.54, 1.807) is 0 Å². The van der Waals surface area contributed by atoms with Crippen LogP contribution in [0.25, 0.3) is 89.5 Å². The van der Waals surface area contributed by atoms with E-state index in [-0.39, 0.29) is 0 Å². The summed E-state index contributed by atoms with van der Waals surface area (Å²) in [6, 6.07) is 51.3. The van der Waals surface area contributed by atoms with Crippen molar-refractivity contribution >= 4 is 38.9 Å². The minimum atomic E-state index is 0.673. The van der Waals surface area contributed by atoms with Crippen LogP contribution in [0.2, 0.25) is 0 Å². The highest BCUT2D eigenvalue weighted by Gasteiger charge is 2.22. The summed E-state index contributed by atoms with van der Waals surface area (Å²) in [6.07, 6.45) is 8.34. The standard InChI is InChI=1S/C46H31N3O/c1-2-10-30(11-3-1)33-12-8-13-34(28-33)31-20-22-32(23-21-31)41-26-27-47-46(48-41)49-42-18-6-4-14-37(42)40-29-35(24-25-43(40)49)36-16-9-17-39-38-15-5-7-19-44(38)50-45(36)39/h1-3,5-13,15-29H,4,14H2. The highest BCUT2D eigenvalue weighted by molar-refractivity contribution is 6.10. The molecule has 0 bridgehead atoms. The van der Waals surface area contributed by atoms with Crippen molar-refractivity contribution in [3.63, 3.8) is 0 Å². The van der Waals surface area contributed by atoms with E-state index in [1.165, 1.54) is 33.2 Å². The molecular weight excluding hydrogens is 611 g/mol. The molecule has 0 aliphatic heterocycles. The van der Waals surface area contributed by atoms with Crippen LogP contribution < -0.4 is 0 Å². The topological polar surface area (TPSA) is 43.9 Å². The lowest BCUT2D eigenvalue weighted by Gasteiger charge is -2.12. The molecule has 0 saturated carbocycles. The monoisotopic (exact) mass is 641 g/mol. The van der Waals surface area contributed by atoms with Crippen molar-refractivity contribution in [2.24, 2.45) is 0 Å². The molecule has 3 aromatic heterocycles. The minimum Gasteiger partial charge on any atom is -0.455 e. The number of furan rings is 1. The Morgan fingerprint density at radius 2 is 1.28 bits per heavy atom. The number of aromatic nitrogens is 3. The summed E-state index contributed by atoms with van der Waals surface area (Å²) in [6.45, 7) is 0. The van der Waals surface area contributed by atoms with Gasteiger partial charge in [-0.3, -0.25) is 4.57 Å². The fraction of sp³-hybridized carbons (Fsp3) is 0.0435. The number of hydrogen-bond donors (Lipinski definition) is 0. The molecule has 1 aliphatic carbocycles. The Morgan fingerprint density at radius 3 is 2.16 bits per heavy atom. The van der Waals surface area contributed by atoms with Crippen molar-refractivity contribution in [1.82, 2.24) is 14.5 Å². The van der Waals surface area contributed by atoms with Crippen LogP contribution in [0, 0.1) is 0 Å². The van der Waals surface area contributed by atoms with Crippen molar-refractivity contribution in [3.8, 4) is 50.6 Å². The van der Waals surface area contributed by atoms with E-state index in [0.717, 1.165) is 68.4 Å². The van der Waals surface area contributed by atoms with E-state index in [0.29, 0.717) is 5.95 Å². The molecule has 0 unspecified atom stereocenters. The maximum atomic E-state index is 6.41. The fourth-order valence-electron chi connectivity index (χ4n) is 7.55. The first-order chi connectivity index (χ1) is 24.8. The third-order valence-electron chi connectivity index (χ3n) is 9.99. The summed E-state index contributed by atoms with van der Waals surface area (Å²) in [5.74, 6) is 0.673. The number of para-hydroxylation sites is 2. The maximum absolute atomic E-state index is 6.41. The zero-order valence-electron chi connectivity index (χ0n) is 27.3. The second-order valence-electron chi connectivity index (χ2n) is 12.9. The second-order valence-corrected chi connectivity index (χ2v) is 12.9. The van der Waals surface area contributed by atoms with Crippen LogP contribution in [0.3, 0.4) is 0 Å². The molecule has 0 amide bonds. The summed E-state index contributed by atoms with van der Waals surface area (Å²) < 4.78 is 8.63. The number of hydrogen-bond acceptors (Lipinski definition) is 3. The molecule has 0 radical (unpaired) electrons. The highest BCUT2D eigenvalue weighted by Crippen LogP contribution is 2.40. The summed E-state index contributed by atoms with van der Waals surface area (Å²) in [7, 11) is 0. The van der Waals surface area contributed by atoms with Gasteiger partial charge in [0.2, 0.25) is 5.95 Å². The van der Waals surface area contributed by atoms with Crippen molar-refractivity contribution in [2.45, 2.75) is 12.8 Å². The van der Waals surface area contributed by atoms with Crippen LogP contribution in [0.5, 0.6) is 0 Å². The van der Waals surface area contributed by atoms with Gasteiger partial charge in [-0.05, 0) is 82.6 Å². The van der Waals surface area contributed by atoms with E-state index in [1.807, 2.05) is 24.4 Å². The molecule has 0 spiro atoms. The van der Waals surface area contributed by atoms with Crippen LogP contribution in [0.15, 0.2) is 162 Å². The van der Waals surface area contributed by atoms with Gasteiger partial charge in [0, 0.05) is 33.5 Å². The molecule has 4 nitrogen and oxygen atoms in total. The van der Waals surface area contributed by atoms with Crippen LogP contribution in [0.1, 0.15) is 17.7 Å². The van der Waals surface area contributed by atoms with Crippen LogP contribution >= 0.6 is 0 Å². The smallest absolute Gasteiger partial charge is 0.235 e. The largest absolute Gasteiger partial charge is 0.455 e. The van der Waals surface area contributed by atoms with Gasteiger partial charge < -0.3 is 4.42 Å². The molecule has 0 atom stereocenters. The van der Waals surface area contributed by atoms with E-state index in [2.05, 4.69) is 144 Å². The van der Waals surface area contributed by atoms with Gasteiger partial charge in [0.25, 0.3) is 0 Å². The molecule has 236 valence electrons. The lowest BCUT2D eigenvalue weighted by atomic mass is 9.97. The Kier molecular flexibility index (Phi) is 6.59. The van der Waals surface area contributed by atoms with Gasteiger partial charge >= 0.3 is 0 Å². The first kappa shape index (κ1) is 28.5. The summed E-state index contributed by atoms with van der Waals surface area (Å²) >= 11 is 0. The van der Waals surface area contributed by atoms with Crippen LogP contribution in [-0.2, 0) is 6.42 Å². The normalized spacial score (nSPS) is 12.6. The molecule has 0 N–H and O–H groups in total. The van der Waals surface area contributed by atoms with Crippen molar-refractivity contribution in [3.05, 3.63) is 169 Å². The average Bonchev–Trinajstić information content (AvgIpc) is 3.74. The van der Waals surface area contributed by atoms with Gasteiger partial charge in [-0.25, -0.2) is 9.97 Å². The molecule has 4 heteroatoms. The highest BCUT2D eigenvalue weighted by atomic mass is 16.3. The summed E-state index contributed by atoms with van der Waals surface area (Å²) in [5.41, 5.74) is 14.4. The Hall–Kier alpha value is -6.52. The molecule has 0 fully saturated rings. The fourth-order valence-corrected chi connectivity index (χ4v) is 7.55. The molecule has 0 saturated heterocycles. The number of aryl methyl sites for hydroxylation is 1. The van der Waals surface area contributed by atoms with Gasteiger partial charge in [-0.15, -0.1) is 0 Å². The minimum absolute atomic E-state index is 0.673. The molecule has 1 aliphatic rings. The average molecular weight is 642 g/mol. The lowest BCUT2D eigenvalue weighted by Crippen LogP contribution is -2.05. The van der Waals surface area contributed by atoms with E-state index in [9.17, 15) is 0 Å². The predicted molar refractivity (Wildman–Crippen MR) is 205 cm³/mol. The van der Waals surface area contributed by atoms with E-state index >= 15 is 0 Å². The summed E-state index contributed by atoms with van der Waals surface area (Å²) in [4.78, 5) is 9.97. The predicted octanol–water partition coefficient (Wildman–Crippen LogP) is 11.9. The Balaban J connectivity index is 1.03. The number of nitrogens with zero attached hydrogens (tertiary/aromatic N) is 3. The van der Waals surface area contributed by atoms with E-state index in [4.69, 9.17) is 14.4 Å². The van der Waals surface area contributed by atoms with Crippen molar-refractivity contribution < 1.29 is 4.42 Å². The van der Waals surface area contributed by atoms with Crippen molar-refractivity contribution in [2.75, 3.05) is 0 Å². The lowest BCUT2D eigenvalue weighted by molar-refractivity contribution is 0.670. The number of fused-ring (bicyclic) bond motifs is 6. The van der Waals surface area contributed by atoms with Crippen molar-refractivity contribution in [1.29, 1.82) is 0 Å². The zero-order valence-corrected chi connectivity index (χ0v) is 27.3. The van der Waals surface area contributed by atoms with E-state index < -0.39 is 0 Å². The van der Waals surface area contributed by atoms with Crippen LogP contribution in [0.4, 0.5) is 0 Å². The quantitative estimate of drug-likeness (QED) is 0.188. The van der Waals surface area contributed by atoms with Gasteiger partial charge in [-0.1, -0.05) is 121 Å². The Labute approximate surface area is 289 Å². The maximum Gasteiger partial charge on any atom is 0.235 e. The van der Waals surface area contributed by atoms with Gasteiger partial charge in [-0.2, -0.15) is 0 Å². The molecular formula is C46H31N3O. The van der Waals surface area contributed by atoms with Gasteiger partial charge in [0.05, 0.1) is 16.9 Å². The third-order valence-corrected chi connectivity index (χ3v) is 9.99. The Morgan fingerprint density at radius 1 is 0.560 bits per heavy atom. The Bertz CT molecular complexity index is 2750. The number of rotatable bonds is 5. The zero-order chi connectivity index (χ0) is 33.0. The van der Waals surface area contributed by atoms with Crippen LogP contribution in [-0.4, -0.2) is 14.5 Å². The first-order valence-electron chi connectivity index (χ1n) is 17.1. The second kappa shape index (κ2) is 11.6. The number of benzene rings is 6. The first-order valence-corrected chi connectivity index (χ1v) is 17.1. The summed E-state index contributed by atoms with van der Waals surface area (Å²) in [5, 5.41) is 3.51. The van der Waals surface area contributed by atoms with Gasteiger partial charge in [0.1, 0.15) is 11.2 Å². The number of allylic oxidation sites excluding steroid dienone is 1. The van der Waals surface area contributed by atoms with Gasteiger partial charge in [0.15, 0.2) is 0 Å². The third kappa shape index (κ3) is 4.68. The molecule has 3 heterocycles. The molecule has 10 rings (SSSR count).